The van der Waals surface area contributed by atoms with Gasteiger partial charge in [-0.25, -0.2) is 4.98 Å². The summed E-state index contributed by atoms with van der Waals surface area (Å²) in [6, 6.07) is 7.89. The number of aromatic nitrogens is 3. The maximum Gasteiger partial charge on any atom is 0.264 e. The van der Waals surface area contributed by atoms with E-state index in [0.717, 1.165) is 29.5 Å². The normalized spacial score (nSPS) is 16.4. The topological polar surface area (TPSA) is 109 Å². The number of fused-ring (bicyclic) bond motifs is 1. The van der Waals surface area contributed by atoms with Crippen LogP contribution in [0.3, 0.4) is 0 Å². The number of nitrogens with one attached hydrogen (secondary N) is 2. The van der Waals surface area contributed by atoms with Crippen molar-refractivity contribution in [3.63, 3.8) is 0 Å². The molecule has 3 aromatic rings. The van der Waals surface area contributed by atoms with E-state index in [1.54, 1.807) is 0 Å². The number of H-pyrrole nitrogens is 1. The van der Waals surface area contributed by atoms with E-state index in [9.17, 15) is 4.79 Å². The number of aromatic amines is 1. The zero-order chi connectivity index (χ0) is 21.8. The van der Waals surface area contributed by atoms with Gasteiger partial charge in [-0.3, -0.25) is 9.78 Å². The second-order valence-corrected chi connectivity index (χ2v) is 8.84. The van der Waals surface area contributed by atoms with Crippen LogP contribution in [0.2, 0.25) is 0 Å². The molecule has 1 aromatic carbocycles. The van der Waals surface area contributed by atoms with Gasteiger partial charge in [-0.05, 0) is 25.0 Å². The summed E-state index contributed by atoms with van der Waals surface area (Å²) in [5.41, 5.74) is 7.56. The van der Waals surface area contributed by atoms with E-state index in [-0.39, 0.29) is 17.6 Å². The molecule has 166 valence electrons. The Kier molecular flexibility index (Phi) is 6.84. The van der Waals surface area contributed by atoms with E-state index in [1.807, 2.05) is 29.2 Å². The van der Waals surface area contributed by atoms with Crippen molar-refractivity contribution >= 4 is 33.3 Å². The van der Waals surface area contributed by atoms with Gasteiger partial charge in [0.2, 0.25) is 5.95 Å². The summed E-state index contributed by atoms with van der Waals surface area (Å²) in [6.45, 7) is 6.83. The molecular weight excluding hydrogens is 412 g/mol. The number of hydrogen-bond acceptors (Lipinski definition) is 8. The van der Waals surface area contributed by atoms with Gasteiger partial charge in [0.05, 0.1) is 23.4 Å². The van der Waals surface area contributed by atoms with Crippen molar-refractivity contribution in [3.05, 3.63) is 34.6 Å². The first kappa shape index (κ1) is 21.7. The molecule has 3 heterocycles. The molecule has 4 rings (SSSR count). The van der Waals surface area contributed by atoms with Crippen LogP contribution in [0, 0.1) is 0 Å². The molecule has 1 fully saturated rings. The highest BCUT2D eigenvalue weighted by molar-refractivity contribution is 7.21. The first-order chi connectivity index (χ1) is 15.1. The lowest BCUT2D eigenvalue weighted by atomic mass is 10.0. The first-order valence-corrected chi connectivity index (χ1v) is 11.8. The van der Waals surface area contributed by atoms with Crippen LogP contribution >= 0.6 is 11.3 Å². The van der Waals surface area contributed by atoms with Crippen LogP contribution in [0.25, 0.3) is 20.8 Å². The van der Waals surface area contributed by atoms with Crippen molar-refractivity contribution in [2.75, 3.05) is 36.5 Å². The molecule has 1 saturated heterocycles. The van der Waals surface area contributed by atoms with Gasteiger partial charge in [-0.2, -0.15) is 4.98 Å². The van der Waals surface area contributed by atoms with Gasteiger partial charge in [-0.1, -0.05) is 32.4 Å². The minimum absolute atomic E-state index is 0.0231. The average Bonchev–Trinajstić information content (AvgIpc) is 3.22. The molecule has 2 unspecified atom stereocenters. The molecule has 0 spiro atoms. The number of thiazole rings is 1. The summed E-state index contributed by atoms with van der Waals surface area (Å²) in [7, 11) is 0. The monoisotopic (exact) mass is 442 g/mol. The molecule has 2 atom stereocenters. The summed E-state index contributed by atoms with van der Waals surface area (Å²) in [5.74, 6) is 1.10. The maximum absolute atomic E-state index is 13.3. The molecule has 2 aromatic heterocycles. The standard InChI is InChI=1S/C22H30N6O2S/c1-3-7-15(14(23)4-2)24-19-18(21-25-16-8-5-6-9-17(16)31-21)20(29)27-22(26-19)28-10-12-30-13-11-28/h5-6,8-9,14-15H,3-4,7,10-13,23H2,1-2H3,(H2,24,26,27,29). The largest absolute Gasteiger partial charge is 0.378 e. The van der Waals surface area contributed by atoms with Gasteiger partial charge in [0, 0.05) is 25.2 Å². The summed E-state index contributed by atoms with van der Waals surface area (Å²) < 4.78 is 6.49. The molecule has 9 heteroatoms. The number of ether oxygens (including phenoxy) is 1. The fraction of sp³-hybridized carbons (Fsp3) is 0.500. The molecule has 1 aliphatic heterocycles. The van der Waals surface area contributed by atoms with Crippen LogP contribution in [-0.2, 0) is 4.74 Å². The number of nitrogens with two attached hydrogens (primary N) is 1. The van der Waals surface area contributed by atoms with Gasteiger partial charge in [0.1, 0.15) is 16.4 Å². The quantitative estimate of drug-likeness (QED) is 0.491. The van der Waals surface area contributed by atoms with E-state index in [0.29, 0.717) is 48.6 Å². The second kappa shape index (κ2) is 9.76. The van der Waals surface area contributed by atoms with E-state index in [4.69, 9.17) is 20.4 Å². The van der Waals surface area contributed by atoms with Crippen LogP contribution in [0.1, 0.15) is 33.1 Å². The number of hydrogen-bond donors (Lipinski definition) is 3. The van der Waals surface area contributed by atoms with E-state index >= 15 is 0 Å². The van der Waals surface area contributed by atoms with E-state index < -0.39 is 0 Å². The lowest BCUT2D eigenvalue weighted by molar-refractivity contribution is 0.122. The Morgan fingerprint density at radius 3 is 2.74 bits per heavy atom. The minimum Gasteiger partial charge on any atom is -0.378 e. The van der Waals surface area contributed by atoms with Gasteiger partial charge in [0.25, 0.3) is 5.56 Å². The lowest BCUT2D eigenvalue weighted by Crippen LogP contribution is -2.41. The van der Waals surface area contributed by atoms with Crippen molar-refractivity contribution in [1.29, 1.82) is 0 Å². The lowest BCUT2D eigenvalue weighted by Gasteiger charge is -2.29. The van der Waals surface area contributed by atoms with E-state index in [1.165, 1.54) is 11.3 Å². The van der Waals surface area contributed by atoms with Crippen molar-refractivity contribution in [1.82, 2.24) is 15.0 Å². The third kappa shape index (κ3) is 4.73. The van der Waals surface area contributed by atoms with Crippen LogP contribution in [0.4, 0.5) is 11.8 Å². The highest BCUT2D eigenvalue weighted by atomic mass is 32.1. The number of nitrogens with zero attached hydrogens (tertiary/aromatic N) is 3. The van der Waals surface area contributed by atoms with Crippen LogP contribution in [0.5, 0.6) is 0 Å². The highest BCUT2D eigenvalue weighted by Gasteiger charge is 2.24. The molecule has 0 aliphatic carbocycles. The van der Waals surface area contributed by atoms with Gasteiger partial charge >= 0.3 is 0 Å². The number of anilines is 2. The predicted molar refractivity (Wildman–Crippen MR) is 127 cm³/mol. The molecule has 4 N–H and O–H groups in total. The first-order valence-electron chi connectivity index (χ1n) is 11.0. The van der Waals surface area contributed by atoms with Gasteiger partial charge in [0.15, 0.2) is 0 Å². The number of benzene rings is 1. The predicted octanol–water partition coefficient (Wildman–Crippen LogP) is 3.20. The zero-order valence-electron chi connectivity index (χ0n) is 18.1. The Morgan fingerprint density at radius 1 is 1.26 bits per heavy atom. The summed E-state index contributed by atoms with van der Waals surface area (Å²) in [5, 5.41) is 4.17. The van der Waals surface area contributed by atoms with Crippen LogP contribution in [-0.4, -0.2) is 53.3 Å². The highest BCUT2D eigenvalue weighted by Crippen LogP contribution is 2.32. The molecular formula is C22H30N6O2S. The Bertz CT molecular complexity index is 1040. The number of para-hydroxylation sites is 1. The molecule has 0 saturated carbocycles. The minimum atomic E-state index is -0.196. The van der Waals surface area contributed by atoms with Crippen molar-refractivity contribution in [2.45, 2.75) is 45.2 Å². The van der Waals surface area contributed by atoms with Gasteiger partial charge < -0.3 is 20.7 Å². The number of rotatable bonds is 8. The average molecular weight is 443 g/mol. The van der Waals surface area contributed by atoms with Crippen LogP contribution in [0.15, 0.2) is 29.1 Å². The number of morpholine rings is 1. The Morgan fingerprint density at radius 2 is 2.03 bits per heavy atom. The molecule has 0 amide bonds. The molecule has 0 radical (unpaired) electrons. The van der Waals surface area contributed by atoms with Crippen molar-refractivity contribution in [2.24, 2.45) is 5.73 Å². The summed E-state index contributed by atoms with van der Waals surface area (Å²) in [6.07, 6.45) is 2.73. The van der Waals surface area contributed by atoms with Gasteiger partial charge in [-0.15, -0.1) is 11.3 Å². The Hall–Kier alpha value is -2.49. The Balaban J connectivity index is 1.80. The summed E-state index contributed by atoms with van der Waals surface area (Å²) in [4.78, 5) is 27.9. The Labute approximate surface area is 185 Å². The fourth-order valence-corrected chi connectivity index (χ4v) is 4.84. The fourth-order valence-electron chi connectivity index (χ4n) is 3.83. The maximum atomic E-state index is 13.3. The van der Waals surface area contributed by atoms with E-state index in [2.05, 4.69) is 24.1 Å². The van der Waals surface area contributed by atoms with Crippen molar-refractivity contribution < 1.29 is 4.74 Å². The molecule has 1 aliphatic rings. The van der Waals surface area contributed by atoms with Crippen molar-refractivity contribution in [3.8, 4) is 10.6 Å². The molecule has 0 bridgehead atoms. The molecule has 8 nitrogen and oxygen atoms in total. The van der Waals surface area contributed by atoms with Crippen LogP contribution < -0.4 is 21.5 Å². The second-order valence-electron chi connectivity index (χ2n) is 7.81. The third-order valence-corrected chi connectivity index (χ3v) is 6.69. The summed E-state index contributed by atoms with van der Waals surface area (Å²) >= 11 is 1.50. The smallest absolute Gasteiger partial charge is 0.264 e. The molecule has 31 heavy (non-hydrogen) atoms. The third-order valence-electron chi connectivity index (χ3n) is 5.64. The SMILES string of the molecule is CCCC(Nc1nc(N2CCOCC2)[nH]c(=O)c1-c1nc2ccccc2s1)C(N)CC. The zero-order valence-corrected chi connectivity index (χ0v) is 18.9.